The van der Waals surface area contributed by atoms with Gasteiger partial charge in [0.25, 0.3) is 0 Å². The molecule has 2 N–H and O–H groups in total. The first-order chi connectivity index (χ1) is 17.8. The number of benzene rings is 3. The van der Waals surface area contributed by atoms with E-state index < -0.39 is 0 Å². The van der Waals surface area contributed by atoms with Gasteiger partial charge in [0.05, 0.1) is 12.1 Å². The van der Waals surface area contributed by atoms with Crippen LogP contribution in [0.2, 0.25) is 0 Å². The fourth-order valence-corrected chi connectivity index (χ4v) is 4.76. The zero-order chi connectivity index (χ0) is 25.3. The maximum absolute atomic E-state index is 12.9. The van der Waals surface area contributed by atoms with Crippen LogP contribution < -0.4 is 10.6 Å². The molecule has 0 radical (unpaired) electrons. The number of rotatable bonds is 17. The Morgan fingerprint density at radius 2 is 1.06 bits per heavy atom. The SMILES string of the molecule is CCCCCCCCCCCC(=O)N[C@@H](CNC(c1ccccc1)c1ccccc1)c1ccccc1. The number of carbonyl (C=O) groups excluding carboxylic acids is 1. The third kappa shape index (κ3) is 9.99. The molecule has 3 heteroatoms. The molecule has 0 aliphatic heterocycles. The summed E-state index contributed by atoms with van der Waals surface area (Å²) in [5, 5.41) is 7.06. The molecule has 0 heterocycles. The molecular weight excluding hydrogens is 440 g/mol. The summed E-state index contributed by atoms with van der Waals surface area (Å²) in [6, 6.07) is 31.3. The van der Waals surface area contributed by atoms with E-state index in [1.54, 1.807) is 0 Å². The summed E-state index contributed by atoms with van der Waals surface area (Å²) < 4.78 is 0. The highest BCUT2D eigenvalue weighted by atomic mass is 16.1. The van der Waals surface area contributed by atoms with Crippen molar-refractivity contribution in [3.8, 4) is 0 Å². The molecular formula is C33H44N2O. The minimum atomic E-state index is -0.0767. The van der Waals surface area contributed by atoms with E-state index in [0.29, 0.717) is 13.0 Å². The zero-order valence-electron chi connectivity index (χ0n) is 22.0. The summed E-state index contributed by atoms with van der Waals surface area (Å²) in [6.45, 7) is 2.91. The van der Waals surface area contributed by atoms with Gasteiger partial charge >= 0.3 is 0 Å². The van der Waals surface area contributed by atoms with Gasteiger partial charge in [-0.15, -0.1) is 0 Å². The standard InChI is InChI=1S/C33H44N2O/c1-2-3-4-5-6-7-8-9-19-26-32(36)35-31(28-20-13-10-14-21-28)27-34-33(29-22-15-11-16-23-29)30-24-17-12-18-25-30/h10-18,20-25,31,33-34H,2-9,19,26-27H2,1H3,(H,35,36)/t31-/m0/s1. The molecule has 0 bridgehead atoms. The first-order valence-corrected chi connectivity index (χ1v) is 14.0. The molecule has 0 saturated carbocycles. The van der Waals surface area contributed by atoms with E-state index in [2.05, 4.69) is 78.2 Å². The minimum absolute atomic E-state index is 0.0628. The average Bonchev–Trinajstić information content (AvgIpc) is 2.93. The molecule has 0 unspecified atom stereocenters. The van der Waals surface area contributed by atoms with Gasteiger partial charge in [0.1, 0.15) is 0 Å². The number of amides is 1. The Morgan fingerprint density at radius 3 is 1.56 bits per heavy atom. The zero-order valence-corrected chi connectivity index (χ0v) is 22.0. The molecule has 0 aliphatic carbocycles. The van der Waals surface area contributed by atoms with Crippen LogP contribution in [0.15, 0.2) is 91.0 Å². The lowest BCUT2D eigenvalue weighted by Crippen LogP contribution is -2.37. The summed E-state index contributed by atoms with van der Waals surface area (Å²) in [5.74, 6) is 0.143. The Kier molecular flexibility index (Phi) is 12.8. The molecule has 3 rings (SSSR count). The summed E-state index contributed by atoms with van der Waals surface area (Å²) in [7, 11) is 0. The van der Waals surface area contributed by atoms with Crippen molar-refractivity contribution in [3.63, 3.8) is 0 Å². The molecule has 192 valence electrons. The van der Waals surface area contributed by atoms with E-state index >= 15 is 0 Å². The van der Waals surface area contributed by atoms with E-state index in [1.807, 2.05) is 30.3 Å². The number of nitrogens with one attached hydrogen (secondary N) is 2. The molecule has 0 saturated heterocycles. The van der Waals surface area contributed by atoms with E-state index in [4.69, 9.17) is 0 Å². The Bertz CT molecular complexity index is 919. The molecule has 1 amide bonds. The number of hydrogen-bond acceptors (Lipinski definition) is 2. The Labute approximate surface area is 218 Å². The van der Waals surface area contributed by atoms with Gasteiger partial charge in [-0.1, -0.05) is 149 Å². The smallest absolute Gasteiger partial charge is 0.220 e. The first-order valence-electron chi connectivity index (χ1n) is 14.0. The van der Waals surface area contributed by atoms with Crippen LogP contribution in [0, 0.1) is 0 Å². The van der Waals surface area contributed by atoms with Crippen LogP contribution >= 0.6 is 0 Å². The van der Waals surface area contributed by atoms with E-state index in [1.165, 1.54) is 56.1 Å². The summed E-state index contributed by atoms with van der Waals surface area (Å²) in [6.07, 6.45) is 11.9. The van der Waals surface area contributed by atoms with E-state index in [-0.39, 0.29) is 18.0 Å². The second-order valence-electron chi connectivity index (χ2n) is 9.77. The average molecular weight is 485 g/mol. The topological polar surface area (TPSA) is 41.1 Å². The van der Waals surface area contributed by atoms with Gasteiger partial charge < -0.3 is 10.6 Å². The molecule has 1 atom stereocenters. The number of unbranched alkanes of at least 4 members (excludes halogenated alkanes) is 8. The number of hydrogen-bond donors (Lipinski definition) is 2. The van der Waals surface area contributed by atoms with Crippen LogP contribution in [0.3, 0.4) is 0 Å². The van der Waals surface area contributed by atoms with Gasteiger partial charge in [-0.25, -0.2) is 0 Å². The van der Waals surface area contributed by atoms with Crippen molar-refractivity contribution in [3.05, 3.63) is 108 Å². The molecule has 0 aliphatic rings. The summed E-state index contributed by atoms with van der Waals surface area (Å²) in [5.41, 5.74) is 3.57. The van der Waals surface area contributed by atoms with Crippen LogP contribution in [0.5, 0.6) is 0 Å². The maximum Gasteiger partial charge on any atom is 0.220 e. The van der Waals surface area contributed by atoms with Crippen molar-refractivity contribution in [2.24, 2.45) is 0 Å². The van der Waals surface area contributed by atoms with E-state index in [0.717, 1.165) is 18.4 Å². The summed E-state index contributed by atoms with van der Waals surface area (Å²) in [4.78, 5) is 12.9. The van der Waals surface area contributed by atoms with Crippen molar-refractivity contribution in [1.82, 2.24) is 10.6 Å². The molecule has 3 nitrogen and oxygen atoms in total. The van der Waals surface area contributed by atoms with E-state index in [9.17, 15) is 4.79 Å². The lowest BCUT2D eigenvalue weighted by molar-refractivity contribution is -0.122. The van der Waals surface area contributed by atoms with Crippen molar-refractivity contribution in [2.45, 2.75) is 83.2 Å². The number of carbonyl (C=O) groups is 1. The third-order valence-electron chi connectivity index (χ3n) is 6.84. The molecule has 0 spiro atoms. The maximum atomic E-state index is 12.9. The van der Waals surface area contributed by atoms with Crippen molar-refractivity contribution in [1.29, 1.82) is 0 Å². The largest absolute Gasteiger partial charge is 0.348 e. The molecule has 3 aromatic carbocycles. The lowest BCUT2D eigenvalue weighted by Gasteiger charge is -2.25. The van der Waals surface area contributed by atoms with Gasteiger partial charge in [0, 0.05) is 13.0 Å². The molecule has 0 fully saturated rings. The highest BCUT2D eigenvalue weighted by molar-refractivity contribution is 5.76. The van der Waals surface area contributed by atoms with Crippen molar-refractivity contribution >= 4 is 5.91 Å². The molecule has 0 aromatic heterocycles. The fraction of sp³-hybridized carbons (Fsp3) is 0.424. The highest BCUT2D eigenvalue weighted by Crippen LogP contribution is 2.23. The van der Waals surface area contributed by atoms with Crippen LogP contribution in [-0.2, 0) is 4.79 Å². The van der Waals surface area contributed by atoms with Crippen LogP contribution in [0.25, 0.3) is 0 Å². The third-order valence-corrected chi connectivity index (χ3v) is 6.84. The lowest BCUT2D eigenvalue weighted by atomic mass is 9.97. The summed E-state index contributed by atoms with van der Waals surface area (Å²) >= 11 is 0. The van der Waals surface area contributed by atoms with Crippen LogP contribution in [0.4, 0.5) is 0 Å². The second-order valence-corrected chi connectivity index (χ2v) is 9.77. The monoisotopic (exact) mass is 484 g/mol. The normalized spacial score (nSPS) is 11.9. The molecule has 36 heavy (non-hydrogen) atoms. The van der Waals surface area contributed by atoms with Gasteiger partial charge in [-0.3, -0.25) is 4.79 Å². The Morgan fingerprint density at radius 1 is 0.611 bits per heavy atom. The quantitative estimate of drug-likeness (QED) is 0.190. The van der Waals surface area contributed by atoms with Crippen molar-refractivity contribution < 1.29 is 4.79 Å². The van der Waals surface area contributed by atoms with Crippen LogP contribution in [0.1, 0.15) is 99.9 Å². The van der Waals surface area contributed by atoms with Crippen molar-refractivity contribution in [2.75, 3.05) is 6.54 Å². The van der Waals surface area contributed by atoms with Gasteiger partial charge in [0.15, 0.2) is 0 Å². The van der Waals surface area contributed by atoms with Crippen LogP contribution in [-0.4, -0.2) is 12.5 Å². The highest BCUT2D eigenvalue weighted by Gasteiger charge is 2.19. The fourth-order valence-electron chi connectivity index (χ4n) is 4.76. The van der Waals surface area contributed by atoms with Gasteiger partial charge in [-0.05, 0) is 23.1 Å². The molecule has 3 aromatic rings. The predicted molar refractivity (Wildman–Crippen MR) is 152 cm³/mol. The predicted octanol–water partition coefficient (Wildman–Crippen LogP) is 8.14. The van der Waals surface area contributed by atoms with Gasteiger partial charge in [0.2, 0.25) is 5.91 Å². The second kappa shape index (κ2) is 16.7. The first kappa shape index (κ1) is 27.7. The Hall–Kier alpha value is -2.91. The minimum Gasteiger partial charge on any atom is -0.348 e. The van der Waals surface area contributed by atoms with Gasteiger partial charge in [-0.2, -0.15) is 0 Å². The Balaban J connectivity index is 1.54.